The summed E-state index contributed by atoms with van der Waals surface area (Å²) < 4.78 is 27.5. The molecule has 5 heteroatoms. The van der Waals surface area contributed by atoms with E-state index in [9.17, 15) is 8.78 Å². The highest BCUT2D eigenvalue weighted by atomic mass is 35.5. The molecule has 0 radical (unpaired) electrons. The molecule has 114 valence electrons. The molecule has 2 unspecified atom stereocenters. The maximum absolute atomic E-state index is 13.8. The fourth-order valence-electron chi connectivity index (χ4n) is 2.78. The zero-order chi connectivity index (χ0) is 13.8. The summed E-state index contributed by atoms with van der Waals surface area (Å²) in [7, 11) is 1.94. The molecule has 0 aromatic heterocycles. The van der Waals surface area contributed by atoms with Crippen LogP contribution in [-0.4, -0.2) is 31.6 Å². The van der Waals surface area contributed by atoms with Crippen molar-refractivity contribution in [2.24, 2.45) is 5.92 Å². The number of hydrogen-bond acceptors (Lipinski definition) is 2. The molecule has 2 rings (SSSR count). The van der Waals surface area contributed by atoms with E-state index in [1.807, 2.05) is 18.9 Å². The van der Waals surface area contributed by atoms with Crippen molar-refractivity contribution in [2.45, 2.75) is 25.8 Å². The van der Waals surface area contributed by atoms with Gasteiger partial charge >= 0.3 is 0 Å². The molecule has 0 saturated carbocycles. The van der Waals surface area contributed by atoms with Gasteiger partial charge in [-0.15, -0.1) is 12.4 Å². The van der Waals surface area contributed by atoms with Gasteiger partial charge in [0.05, 0.1) is 0 Å². The quantitative estimate of drug-likeness (QED) is 0.917. The summed E-state index contributed by atoms with van der Waals surface area (Å²) in [5, 5.41) is 3.37. The number of piperidine rings is 1. The first kappa shape index (κ1) is 17.3. The van der Waals surface area contributed by atoms with Gasteiger partial charge in [0, 0.05) is 18.2 Å². The normalized spacial score (nSPS) is 20.6. The smallest absolute Gasteiger partial charge is 0.130 e. The van der Waals surface area contributed by atoms with Crippen LogP contribution in [0.2, 0.25) is 0 Å². The molecule has 1 aliphatic rings. The van der Waals surface area contributed by atoms with E-state index in [-0.39, 0.29) is 24.0 Å². The predicted molar refractivity (Wildman–Crippen MR) is 80.2 cm³/mol. The van der Waals surface area contributed by atoms with Gasteiger partial charge in [0.2, 0.25) is 0 Å². The third-order valence-corrected chi connectivity index (χ3v) is 4.02. The molecule has 1 aliphatic heterocycles. The second-order valence-electron chi connectivity index (χ2n) is 5.46. The van der Waals surface area contributed by atoms with Crippen LogP contribution in [0, 0.1) is 17.6 Å². The van der Waals surface area contributed by atoms with Crippen LogP contribution < -0.4 is 5.32 Å². The molecule has 2 nitrogen and oxygen atoms in total. The summed E-state index contributed by atoms with van der Waals surface area (Å²) >= 11 is 0. The van der Waals surface area contributed by atoms with E-state index in [2.05, 4.69) is 5.32 Å². The topological polar surface area (TPSA) is 15.3 Å². The van der Waals surface area contributed by atoms with Gasteiger partial charge in [-0.2, -0.15) is 0 Å². The van der Waals surface area contributed by atoms with Crippen LogP contribution in [-0.2, 0) is 0 Å². The third-order valence-electron chi connectivity index (χ3n) is 4.02. The summed E-state index contributed by atoms with van der Waals surface area (Å²) in [6.07, 6.45) is 2.37. The van der Waals surface area contributed by atoms with Crippen molar-refractivity contribution >= 4 is 12.4 Å². The first-order valence-corrected chi connectivity index (χ1v) is 6.94. The van der Waals surface area contributed by atoms with Gasteiger partial charge < -0.3 is 5.32 Å². The maximum Gasteiger partial charge on any atom is 0.130 e. The minimum atomic E-state index is -0.457. The van der Waals surface area contributed by atoms with Crippen molar-refractivity contribution < 1.29 is 8.78 Å². The van der Waals surface area contributed by atoms with Gasteiger partial charge in [0.1, 0.15) is 11.6 Å². The Morgan fingerprint density at radius 2 is 2.00 bits per heavy atom. The Labute approximate surface area is 126 Å². The SMILES string of the molecule is CC(c1c(F)cccc1F)N(C)CC1CCCNC1.Cl. The van der Waals surface area contributed by atoms with Crippen LogP contribution in [0.5, 0.6) is 0 Å². The second-order valence-corrected chi connectivity index (χ2v) is 5.46. The van der Waals surface area contributed by atoms with E-state index in [1.165, 1.54) is 31.0 Å². The van der Waals surface area contributed by atoms with Crippen LogP contribution >= 0.6 is 12.4 Å². The van der Waals surface area contributed by atoms with Crippen LogP contribution in [0.15, 0.2) is 18.2 Å². The van der Waals surface area contributed by atoms with Gasteiger partial charge in [0.25, 0.3) is 0 Å². The van der Waals surface area contributed by atoms with Crippen LogP contribution in [0.1, 0.15) is 31.4 Å². The van der Waals surface area contributed by atoms with E-state index < -0.39 is 11.6 Å². The van der Waals surface area contributed by atoms with E-state index in [4.69, 9.17) is 0 Å². The zero-order valence-electron chi connectivity index (χ0n) is 12.0. The average Bonchev–Trinajstić information content (AvgIpc) is 2.39. The molecule has 20 heavy (non-hydrogen) atoms. The minimum Gasteiger partial charge on any atom is -0.316 e. The standard InChI is InChI=1S/C15H22F2N2.ClH/c1-11(15-13(16)6-3-7-14(15)17)19(2)10-12-5-4-8-18-9-12;/h3,6-7,11-12,18H,4-5,8-10H2,1-2H3;1H. The lowest BCUT2D eigenvalue weighted by Gasteiger charge is -2.31. The maximum atomic E-state index is 13.8. The molecular weight excluding hydrogens is 282 g/mol. The van der Waals surface area contributed by atoms with Crippen molar-refractivity contribution in [1.82, 2.24) is 10.2 Å². The largest absolute Gasteiger partial charge is 0.316 e. The van der Waals surface area contributed by atoms with Crippen LogP contribution in [0.4, 0.5) is 8.78 Å². The second kappa shape index (κ2) is 7.91. The van der Waals surface area contributed by atoms with E-state index in [0.29, 0.717) is 5.92 Å². The van der Waals surface area contributed by atoms with Crippen molar-refractivity contribution in [3.8, 4) is 0 Å². The number of rotatable bonds is 4. The fraction of sp³-hybridized carbons (Fsp3) is 0.600. The van der Waals surface area contributed by atoms with Crippen molar-refractivity contribution in [1.29, 1.82) is 0 Å². The lowest BCUT2D eigenvalue weighted by molar-refractivity contribution is 0.193. The fourth-order valence-corrected chi connectivity index (χ4v) is 2.78. The van der Waals surface area contributed by atoms with Crippen LogP contribution in [0.25, 0.3) is 0 Å². The van der Waals surface area contributed by atoms with E-state index >= 15 is 0 Å². The molecule has 1 saturated heterocycles. The van der Waals surface area contributed by atoms with Crippen molar-refractivity contribution in [3.05, 3.63) is 35.4 Å². The van der Waals surface area contributed by atoms with Gasteiger partial charge in [-0.05, 0) is 58.0 Å². The summed E-state index contributed by atoms with van der Waals surface area (Å²) in [5.74, 6) is -0.349. The number of benzene rings is 1. The van der Waals surface area contributed by atoms with Gasteiger partial charge in [0.15, 0.2) is 0 Å². The monoisotopic (exact) mass is 304 g/mol. The predicted octanol–water partition coefficient (Wildman–Crippen LogP) is 3.38. The number of nitrogens with one attached hydrogen (secondary N) is 1. The Bertz CT molecular complexity index is 402. The number of hydrogen-bond donors (Lipinski definition) is 1. The minimum absolute atomic E-state index is 0. The molecule has 0 spiro atoms. The molecule has 1 fully saturated rings. The summed E-state index contributed by atoms with van der Waals surface area (Å²) in [6.45, 7) is 4.80. The number of halogens is 3. The highest BCUT2D eigenvalue weighted by molar-refractivity contribution is 5.85. The Hall–Kier alpha value is -0.710. The van der Waals surface area contributed by atoms with E-state index in [1.54, 1.807) is 0 Å². The Morgan fingerprint density at radius 3 is 2.55 bits per heavy atom. The van der Waals surface area contributed by atoms with Gasteiger partial charge in [-0.3, -0.25) is 4.90 Å². The summed E-state index contributed by atoms with van der Waals surface area (Å²) in [4.78, 5) is 2.04. The molecule has 1 aromatic rings. The molecule has 0 aliphatic carbocycles. The highest BCUT2D eigenvalue weighted by Crippen LogP contribution is 2.26. The Balaban J connectivity index is 0.00000200. The summed E-state index contributed by atoms with van der Waals surface area (Å²) in [5.41, 5.74) is 0.175. The van der Waals surface area contributed by atoms with Gasteiger partial charge in [-0.1, -0.05) is 6.07 Å². The first-order valence-electron chi connectivity index (χ1n) is 6.94. The molecule has 2 atom stereocenters. The van der Waals surface area contributed by atoms with Crippen molar-refractivity contribution in [3.63, 3.8) is 0 Å². The van der Waals surface area contributed by atoms with Gasteiger partial charge in [-0.25, -0.2) is 8.78 Å². The van der Waals surface area contributed by atoms with Crippen molar-refractivity contribution in [2.75, 3.05) is 26.7 Å². The first-order chi connectivity index (χ1) is 9.09. The molecule has 1 aromatic carbocycles. The Morgan fingerprint density at radius 1 is 1.35 bits per heavy atom. The third kappa shape index (κ3) is 4.14. The highest BCUT2D eigenvalue weighted by Gasteiger charge is 2.22. The average molecular weight is 305 g/mol. The molecular formula is C15H23ClF2N2. The zero-order valence-corrected chi connectivity index (χ0v) is 12.9. The molecule has 0 bridgehead atoms. The molecule has 1 N–H and O–H groups in total. The number of nitrogens with zero attached hydrogens (tertiary/aromatic N) is 1. The molecule has 1 heterocycles. The van der Waals surface area contributed by atoms with Crippen LogP contribution in [0.3, 0.4) is 0 Å². The lowest BCUT2D eigenvalue weighted by atomic mass is 9.97. The lowest BCUT2D eigenvalue weighted by Crippen LogP contribution is -2.38. The molecule has 0 amide bonds. The van der Waals surface area contributed by atoms with E-state index in [0.717, 1.165) is 19.6 Å². The summed E-state index contributed by atoms with van der Waals surface area (Å²) in [6, 6.07) is 3.81. The Kier molecular flexibility index (Phi) is 6.86.